The summed E-state index contributed by atoms with van der Waals surface area (Å²) < 4.78 is 23.6. The monoisotopic (exact) mass is 715 g/mol. The molecule has 1 aliphatic carbocycles. The van der Waals surface area contributed by atoms with Gasteiger partial charge in [-0.15, -0.1) is 0 Å². The Morgan fingerprint density at radius 3 is 2.44 bits per heavy atom. The molecule has 0 saturated heterocycles. The van der Waals surface area contributed by atoms with E-state index in [0.717, 1.165) is 36.1 Å². The van der Waals surface area contributed by atoms with E-state index in [9.17, 15) is 19.2 Å². The van der Waals surface area contributed by atoms with Gasteiger partial charge in [0, 0.05) is 48.2 Å². The number of esters is 1. The Hall–Kier alpha value is -4.14. The van der Waals surface area contributed by atoms with Crippen LogP contribution in [-0.2, 0) is 15.0 Å². The van der Waals surface area contributed by atoms with Crippen molar-refractivity contribution in [1.29, 1.82) is 0 Å². The Kier molecular flexibility index (Phi) is 11.9. The Labute approximate surface area is 308 Å². The quantitative estimate of drug-likeness (QED) is 0.0716. The second-order valence-electron chi connectivity index (χ2n) is 16.6. The number of hydrogen-bond acceptors (Lipinski definition) is 8. The van der Waals surface area contributed by atoms with Gasteiger partial charge in [-0.25, -0.2) is 4.79 Å². The normalized spacial score (nSPS) is 18.3. The number of rotatable bonds is 15. The minimum absolute atomic E-state index is 0.0643. The fraction of sp³-hybridized carbons (Fsp3) is 0.581. The lowest BCUT2D eigenvalue weighted by atomic mass is 9.66. The SMILES string of the molecule is CCCCCCC(C)(C)c1cc(OC(=O)C(C)(C)CCCCNC(=O)c2cc3ccc(OC)cc3oc2=O)c2c(c1)OC(C)(C)[C@H]1CCC(=O)C[C@@H]21. The molecule has 3 aromatic rings. The molecule has 1 N–H and O–H groups in total. The molecule has 2 aromatic carbocycles. The summed E-state index contributed by atoms with van der Waals surface area (Å²) in [4.78, 5) is 52.2. The molecule has 9 nitrogen and oxygen atoms in total. The second-order valence-corrected chi connectivity index (χ2v) is 16.6. The number of methoxy groups -OCH3 is 1. The average molecular weight is 716 g/mol. The molecular weight excluding hydrogens is 658 g/mol. The minimum Gasteiger partial charge on any atom is -0.497 e. The Balaban J connectivity index is 1.28. The summed E-state index contributed by atoms with van der Waals surface area (Å²) >= 11 is 0. The van der Waals surface area contributed by atoms with Gasteiger partial charge in [-0.05, 0) is 94.7 Å². The first-order valence-electron chi connectivity index (χ1n) is 19.1. The molecule has 1 amide bonds. The molecule has 282 valence electrons. The smallest absolute Gasteiger partial charge is 0.349 e. The molecule has 1 fully saturated rings. The predicted octanol–water partition coefficient (Wildman–Crippen LogP) is 9.21. The number of unbranched alkanes of at least 4 members (excludes halogenated alkanes) is 4. The van der Waals surface area contributed by atoms with Gasteiger partial charge >= 0.3 is 11.6 Å². The van der Waals surface area contributed by atoms with Crippen molar-refractivity contribution in [1.82, 2.24) is 5.32 Å². The third-order valence-electron chi connectivity index (χ3n) is 11.3. The van der Waals surface area contributed by atoms with Crippen LogP contribution in [0.5, 0.6) is 17.2 Å². The first-order valence-corrected chi connectivity index (χ1v) is 19.1. The van der Waals surface area contributed by atoms with Gasteiger partial charge in [0.15, 0.2) is 0 Å². The highest BCUT2D eigenvalue weighted by Gasteiger charge is 2.48. The van der Waals surface area contributed by atoms with Crippen molar-refractivity contribution in [2.24, 2.45) is 11.3 Å². The van der Waals surface area contributed by atoms with Crippen molar-refractivity contribution in [3.05, 3.63) is 63.5 Å². The number of ether oxygens (including phenoxy) is 3. The zero-order valence-electron chi connectivity index (χ0n) is 32.4. The van der Waals surface area contributed by atoms with Crippen LogP contribution < -0.4 is 25.2 Å². The molecule has 2 heterocycles. The predicted molar refractivity (Wildman–Crippen MR) is 203 cm³/mol. The standard InChI is InChI=1S/C43H57NO8/c1-9-10-11-12-19-41(2,3)28-23-35(37-31-25-29(45)16-18-33(31)43(6,7)52-36(37)24-28)51-40(48)42(4,5)20-13-14-21-44-38(46)32-22-27-15-17-30(49-8)26-34(27)50-39(32)47/h15,17,22-24,26,31,33H,9-14,16,18-21,25H2,1-8H3,(H,44,46)/t31-,33+/m1/s1. The van der Waals surface area contributed by atoms with Gasteiger partial charge in [0.2, 0.25) is 0 Å². The molecule has 1 saturated carbocycles. The second kappa shape index (κ2) is 15.8. The minimum atomic E-state index is -0.820. The first kappa shape index (κ1) is 39.1. The fourth-order valence-corrected chi connectivity index (χ4v) is 7.87. The molecular formula is C43H57NO8. The number of hydrogen-bond donors (Lipinski definition) is 1. The summed E-state index contributed by atoms with van der Waals surface area (Å²) in [6, 6.07) is 10.8. The van der Waals surface area contributed by atoms with Gasteiger partial charge in [0.1, 0.15) is 39.8 Å². The maximum absolute atomic E-state index is 14.0. The lowest BCUT2D eigenvalue weighted by molar-refractivity contribution is -0.144. The van der Waals surface area contributed by atoms with E-state index in [1.165, 1.54) is 32.4 Å². The van der Waals surface area contributed by atoms with E-state index in [1.54, 1.807) is 18.2 Å². The molecule has 0 bridgehead atoms. The molecule has 0 spiro atoms. The van der Waals surface area contributed by atoms with Crippen LogP contribution in [0.2, 0.25) is 0 Å². The maximum Gasteiger partial charge on any atom is 0.349 e. The summed E-state index contributed by atoms with van der Waals surface area (Å²) in [5, 5.41) is 3.43. The van der Waals surface area contributed by atoms with Crippen LogP contribution in [0, 0.1) is 11.3 Å². The molecule has 1 aliphatic heterocycles. The molecule has 2 aliphatic rings. The van der Waals surface area contributed by atoms with Crippen LogP contribution in [0.1, 0.15) is 146 Å². The average Bonchev–Trinajstić information content (AvgIpc) is 3.08. The zero-order chi connectivity index (χ0) is 37.8. The van der Waals surface area contributed by atoms with Gasteiger partial charge < -0.3 is 23.9 Å². The van der Waals surface area contributed by atoms with Crippen LogP contribution in [0.4, 0.5) is 0 Å². The van der Waals surface area contributed by atoms with Crippen molar-refractivity contribution in [2.75, 3.05) is 13.7 Å². The third-order valence-corrected chi connectivity index (χ3v) is 11.3. The van der Waals surface area contributed by atoms with Crippen LogP contribution in [0.15, 0.2) is 45.6 Å². The third kappa shape index (κ3) is 8.72. The molecule has 0 unspecified atom stereocenters. The van der Waals surface area contributed by atoms with E-state index in [0.29, 0.717) is 61.1 Å². The van der Waals surface area contributed by atoms with Gasteiger partial charge in [0.05, 0.1) is 12.5 Å². The van der Waals surface area contributed by atoms with E-state index >= 15 is 0 Å². The van der Waals surface area contributed by atoms with E-state index in [4.69, 9.17) is 18.6 Å². The van der Waals surface area contributed by atoms with Crippen LogP contribution >= 0.6 is 0 Å². The number of benzene rings is 2. The summed E-state index contributed by atoms with van der Waals surface area (Å²) in [6.45, 7) is 15.0. The summed E-state index contributed by atoms with van der Waals surface area (Å²) in [5.74, 6) is 1.22. The van der Waals surface area contributed by atoms with E-state index in [1.807, 2.05) is 19.9 Å². The summed E-state index contributed by atoms with van der Waals surface area (Å²) in [6.07, 6.45) is 9.14. The van der Waals surface area contributed by atoms with Crippen molar-refractivity contribution >= 4 is 28.6 Å². The van der Waals surface area contributed by atoms with Gasteiger partial charge in [-0.3, -0.25) is 14.4 Å². The van der Waals surface area contributed by atoms with Crippen molar-refractivity contribution in [3.63, 3.8) is 0 Å². The number of amides is 1. The highest BCUT2D eigenvalue weighted by Crippen LogP contribution is 2.55. The molecule has 0 radical (unpaired) electrons. The van der Waals surface area contributed by atoms with Crippen LogP contribution in [0.3, 0.4) is 0 Å². The molecule has 52 heavy (non-hydrogen) atoms. The highest BCUT2D eigenvalue weighted by molar-refractivity contribution is 5.96. The number of carbonyl (C=O) groups excluding carboxylic acids is 3. The number of fused-ring (bicyclic) bond motifs is 4. The topological polar surface area (TPSA) is 121 Å². The van der Waals surface area contributed by atoms with E-state index in [2.05, 4.69) is 46.0 Å². The summed E-state index contributed by atoms with van der Waals surface area (Å²) in [5.41, 5.74) is 0.0265. The molecule has 9 heteroatoms. The van der Waals surface area contributed by atoms with Crippen LogP contribution in [0.25, 0.3) is 11.0 Å². The largest absolute Gasteiger partial charge is 0.497 e. The fourth-order valence-electron chi connectivity index (χ4n) is 7.87. The van der Waals surface area contributed by atoms with Gasteiger partial charge in [-0.1, -0.05) is 52.9 Å². The lowest BCUT2D eigenvalue weighted by Gasteiger charge is -2.47. The maximum atomic E-state index is 14.0. The Morgan fingerprint density at radius 1 is 0.962 bits per heavy atom. The highest BCUT2D eigenvalue weighted by atomic mass is 16.5. The van der Waals surface area contributed by atoms with E-state index < -0.39 is 22.5 Å². The number of carbonyl (C=O) groups is 3. The Bertz CT molecular complexity index is 1850. The van der Waals surface area contributed by atoms with Crippen LogP contribution in [-0.4, -0.2) is 36.9 Å². The van der Waals surface area contributed by atoms with Gasteiger partial charge in [-0.2, -0.15) is 0 Å². The van der Waals surface area contributed by atoms with Crippen molar-refractivity contribution < 1.29 is 33.0 Å². The number of nitrogens with one attached hydrogen (secondary N) is 1. The Morgan fingerprint density at radius 2 is 1.71 bits per heavy atom. The van der Waals surface area contributed by atoms with Gasteiger partial charge in [0.25, 0.3) is 5.91 Å². The lowest BCUT2D eigenvalue weighted by Crippen LogP contribution is -2.47. The van der Waals surface area contributed by atoms with Crippen molar-refractivity contribution in [2.45, 2.75) is 136 Å². The molecule has 2 atom stereocenters. The van der Waals surface area contributed by atoms with Crippen molar-refractivity contribution in [3.8, 4) is 17.2 Å². The molecule has 5 rings (SSSR count). The number of ketones is 1. The zero-order valence-corrected chi connectivity index (χ0v) is 32.4. The first-order chi connectivity index (χ1) is 24.6. The molecule has 1 aromatic heterocycles. The number of Topliss-reactive ketones (excluding diaryl/α,β-unsaturated/α-hetero) is 1. The summed E-state index contributed by atoms with van der Waals surface area (Å²) in [7, 11) is 1.53. The van der Waals surface area contributed by atoms with E-state index in [-0.39, 0.29) is 34.6 Å².